The lowest BCUT2D eigenvalue weighted by Gasteiger charge is -2.27. The molecule has 1 aromatic heterocycles. The molecule has 6 atom stereocenters. The summed E-state index contributed by atoms with van der Waals surface area (Å²) in [5.74, 6) is -1.91. The Bertz CT molecular complexity index is 1140. The van der Waals surface area contributed by atoms with E-state index in [1.54, 1.807) is 5.92 Å². The van der Waals surface area contributed by atoms with E-state index in [1.807, 2.05) is 0 Å². The van der Waals surface area contributed by atoms with Crippen molar-refractivity contribution in [3.8, 4) is 12.3 Å². The predicted molar refractivity (Wildman–Crippen MR) is 101 cm³/mol. The first kappa shape index (κ1) is 27.1. The van der Waals surface area contributed by atoms with Gasteiger partial charge in [-0.2, -0.15) is 8.62 Å². The Labute approximate surface area is 182 Å². The van der Waals surface area contributed by atoms with Crippen molar-refractivity contribution in [2.75, 3.05) is 12.3 Å². The highest BCUT2D eigenvalue weighted by Crippen LogP contribution is 2.66. The molecular weight excluding hydrogens is 526 g/mol. The van der Waals surface area contributed by atoms with Gasteiger partial charge in [-0.25, -0.2) is 23.1 Å². The number of ether oxygens (including phenoxy) is 1. The van der Waals surface area contributed by atoms with E-state index in [0.29, 0.717) is 0 Å². The maximum absolute atomic E-state index is 15.2. The molecule has 32 heavy (non-hydrogen) atoms. The Balaban J connectivity index is 2.27. The molecule has 180 valence electrons. The Morgan fingerprint density at radius 1 is 1.31 bits per heavy atom. The topological polar surface area (TPSA) is 253 Å². The number of aromatic nitrogens is 2. The van der Waals surface area contributed by atoms with Gasteiger partial charge >= 0.3 is 23.5 Å². The zero-order valence-electron chi connectivity index (χ0n) is 15.2. The van der Waals surface area contributed by atoms with Gasteiger partial charge in [0.25, 0.3) is 5.85 Å². The summed E-state index contributed by atoms with van der Waals surface area (Å²) in [5.41, 5.74) is 2.59. The fraction of sp³-hybridized carbons (Fsp3) is 0.455. The van der Waals surface area contributed by atoms with Crippen LogP contribution in [0.5, 0.6) is 0 Å². The smallest absolute Gasteiger partial charge is 0.384 e. The minimum Gasteiger partial charge on any atom is -0.384 e. The average molecular weight is 541 g/mol. The molecule has 0 amide bonds. The van der Waals surface area contributed by atoms with Crippen LogP contribution in [0.3, 0.4) is 0 Å². The second-order valence-electron chi connectivity index (χ2n) is 6.04. The van der Waals surface area contributed by atoms with E-state index >= 15 is 4.39 Å². The second kappa shape index (κ2) is 8.91. The van der Waals surface area contributed by atoms with Crippen molar-refractivity contribution in [1.82, 2.24) is 9.55 Å². The number of alkyl halides is 1. The maximum atomic E-state index is 15.2. The van der Waals surface area contributed by atoms with E-state index in [1.165, 1.54) is 0 Å². The molecule has 3 unspecified atom stereocenters. The molecule has 1 aliphatic rings. The number of phosphoric ester groups is 1. The summed E-state index contributed by atoms with van der Waals surface area (Å²) in [7, 11) is -17.3. The monoisotopic (exact) mass is 541 g/mol. The highest BCUT2D eigenvalue weighted by Gasteiger charge is 2.65. The van der Waals surface area contributed by atoms with E-state index in [2.05, 4.69) is 18.1 Å². The quantitative estimate of drug-likeness (QED) is 0.124. The van der Waals surface area contributed by atoms with Crippen molar-refractivity contribution in [3.05, 3.63) is 17.0 Å². The van der Waals surface area contributed by atoms with Gasteiger partial charge in [-0.1, -0.05) is 5.92 Å². The highest BCUT2D eigenvalue weighted by atomic mass is 32.1. The van der Waals surface area contributed by atoms with Gasteiger partial charge in [0.2, 0.25) is 10.4 Å². The molecule has 1 aromatic rings. The van der Waals surface area contributed by atoms with E-state index in [4.69, 9.17) is 43.8 Å². The van der Waals surface area contributed by atoms with Gasteiger partial charge in [-0.15, -0.1) is 6.42 Å². The van der Waals surface area contributed by atoms with Crippen molar-refractivity contribution >= 4 is 41.5 Å². The van der Waals surface area contributed by atoms with E-state index < -0.39 is 53.9 Å². The molecule has 8 N–H and O–H groups in total. The Kier molecular flexibility index (Phi) is 7.56. The molecule has 0 spiro atoms. The number of anilines is 1. The minimum absolute atomic E-state index is 0.0618. The zero-order chi connectivity index (χ0) is 24.8. The number of rotatable bonds is 8. The summed E-state index contributed by atoms with van der Waals surface area (Å²) in [5, 5.41) is 20.8. The van der Waals surface area contributed by atoms with E-state index in [-0.39, 0.29) is 10.6 Å². The molecule has 21 heteroatoms. The first-order valence-corrected chi connectivity index (χ1v) is 12.6. The fourth-order valence-electron chi connectivity index (χ4n) is 2.41. The minimum atomic E-state index is -5.88. The molecule has 0 bridgehead atoms. The summed E-state index contributed by atoms with van der Waals surface area (Å²) in [6.45, 7) is -1.76. The van der Waals surface area contributed by atoms with Gasteiger partial charge in [-0.3, -0.25) is 9.09 Å². The number of terminal acetylenes is 1. The molecule has 0 aliphatic carbocycles. The van der Waals surface area contributed by atoms with Crippen LogP contribution in [0, 0.1) is 17.1 Å². The zero-order valence-corrected chi connectivity index (χ0v) is 18.7. The van der Waals surface area contributed by atoms with Gasteiger partial charge in [0.15, 0.2) is 12.3 Å². The Hall–Kier alpha value is -1.12. The van der Waals surface area contributed by atoms with Crippen LogP contribution in [-0.4, -0.2) is 63.5 Å². The summed E-state index contributed by atoms with van der Waals surface area (Å²) in [6.07, 6.45) is 1.65. The molecule has 1 aliphatic heterocycles. The molecule has 0 radical (unpaired) electrons. The van der Waals surface area contributed by atoms with Crippen LogP contribution in [0.2, 0.25) is 0 Å². The number of nitrogens with two attached hydrogens (primary N) is 1. The van der Waals surface area contributed by atoms with Gasteiger partial charge in [-0.05, 0) is 18.3 Å². The molecule has 1 saturated heterocycles. The molecule has 1 fully saturated rings. The van der Waals surface area contributed by atoms with Gasteiger partial charge in [0.1, 0.15) is 12.4 Å². The van der Waals surface area contributed by atoms with Crippen molar-refractivity contribution in [3.63, 3.8) is 0 Å². The van der Waals surface area contributed by atoms with Gasteiger partial charge in [0, 0.05) is 6.20 Å². The van der Waals surface area contributed by atoms with Gasteiger partial charge in [0.05, 0.1) is 0 Å². The number of hydrogen-bond donors (Lipinski definition) is 7. The van der Waals surface area contributed by atoms with Crippen molar-refractivity contribution in [2.24, 2.45) is 0 Å². The molecule has 0 aromatic carbocycles. The third kappa shape index (κ3) is 6.06. The number of phosphoric acid groups is 3. The van der Waals surface area contributed by atoms with Crippen LogP contribution >= 0.6 is 35.7 Å². The molecular formula is C11H15FN3O13P3S. The van der Waals surface area contributed by atoms with Crippen molar-refractivity contribution in [2.45, 2.75) is 23.8 Å². The molecule has 2 heterocycles. The third-order valence-corrected chi connectivity index (χ3v) is 7.77. The summed E-state index contributed by atoms with van der Waals surface area (Å²) >= 11 is 4.90. The Morgan fingerprint density at radius 2 is 1.91 bits per heavy atom. The normalized spacial score (nSPS) is 32.1. The lowest BCUT2D eigenvalue weighted by molar-refractivity contribution is -0.204. The molecule has 0 saturated carbocycles. The first-order chi connectivity index (χ1) is 14.3. The van der Waals surface area contributed by atoms with Crippen molar-refractivity contribution < 1.29 is 65.8 Å². The Morgan fingerprint density at radius 3 is 2.41 bits per heavy atom. The van der Waals surface area contributed by atoms with E-state index in [0.717, 1.165) is 16.8 Å². The van der Waals surface area contributed by atoms with Crippen LogP contribution < -0.4 is 5.73 Å². The van der Waals surface area contributed by atoms with Crippen LogP contribution in [0.15, 0.2) is 12.3 Å². The van der Waals surface area contributed by atoms with Gasteiger partial charge < -0.3 is 40.3 Å². The summed E-state index contributed by atoms with van der Waals surface area (Å²) < 4.78 is 65.3. The molecule has 2 rings (SSSR count). The van der Waals surface area contributed by atoms with E-state index in [9.17, 15) is 28.8 Å². The number of aliphatic hydroxyl groups excluding tert-OH is 1. The van der Waals surface area contributed by atoms with Crippen LogP contribution in [-0.2, 0) is 31.6 Å². The summed E-state index contributed by atoms with van der Waals surface area (Å²) in [6, 6.07) is 1.16. The number of nitrogen functional groups attached to an aromatic ring is 1. The third-order valence-electron chi connectivity index (χ3n) is 3.69. The van der Waals surface area contributed by atoms with Crippen LogP contribution in [0.1, 0.15) is 6.23 Å². The standard InChI is InChI=1S/C11H15FN3O13P3S/c1-2-10(17)7(16)11(12,26-8(10)15-4-3-6(13)14-9(15)32)5-25-30(21,22)28-31(23,24)27-29(18,19)20/h1,3-4,7-8,16-17H,5H2,(H,21,22)(H,23,24)(H2,13,14,32)(H2,18,19,20)/t7-,8-,10?,11-/m1/s1. The summed E-state index contributed by atoms with van der Waals surface area (Å²) in [4.78, 5) is 39.1. The number of aliphatic hydroxyl groups is 2. The number of nitrogens with zero attached hydrogens (tertiary/aromatic N) is 2. The number of hydrogen-bond acceptors (Lipinski definition) is 12. The second-order valence-corrected chi connectivity index (χ2v) is 10.8. The lowest BCUT2D eigenvalue weighted by atomic mass is 9.94. The molecule has 16 nitrogen and oxygen atoms in total. The lowest BCUT2D eigenvalue weighted by Crippen LogP contribution is -2.50. The SMILES string of the molecule is C#CC1(O)[C@@H](O)[C@@](F)(COP(=O)(O)OP(=O)(O)OP(=O)(O)O)O[C@H]1n1ccc(N)nc1=S. The largest absolute Gasteiger partial charge is 0.490 e. The maximum Gasteiger partial charge on any atom is 0.490 e. The average Bonchev–Trinajstić information content (AvgIpc) is 2.80. The predicted octanol–water partition coefficient (Wildman–Crippen LogP) is -0.542. The van der Waals surface area contributed by atoms with Crippen LogP contribution in [0.4, 0.5) is 10.2 Å². The van der Waals surface area contributed by atoms with Crippen molar-refractivity contribution in [1.29, 1.82) is 0 Å². The number of halogens is 1. The first-order valence-electron chi connectivity index (χ1n) is 7.72. The fourth-order valence-corrected chi connectivity index (χ4v) is 5.71. The van der Waals surface area contributed by atoms with Crippen LogP contribution in [0.25, 0.3) is 0 Å². The highest BCUT2D eigenvalue weighted by molar-refractivity contribution is 7.71.